The number of ether oxygens (including phenoxy) is 3. The molecule has 28 heavy (non-hydrogen) atoms. The minimum atomic E-state index is -0.857. The van der Waals surface area contributed by atoms with Crippen LogP contribution < -0.4 is 5.32 Å². The van der Waals surface area contributed by atoms with Crippen LogP contribution in [0.3, 0.4) is 0 Å². The number of carbonyl (C=O) groups is 3. The van der Waals surface area contributed by atoms with Crippen molar-refractivity contribution in [2.75, 3.05) is 7.11 Å². The van der Waals surface area contributed by atoms with Crippen LogP contribution in [-0.2, 0) is 25.5 Å². The standard InChI is InChI=1S/C19H31N3O6/c1-18(2,3)27-16(24)13(20-17(25)28-19(4,5)6)9-8-11-22-12-10-14(21-22)15(23)26-7/h10,12-13H,8-9,11H2,1-7H3,(H,20,25). The summed E-state index contributed by atoms with van der Waals surface area (Å²) in [6, 6.07) is 0.695. The summed E-state index contributed by atoms with van der Waals surface area (Å²) in [6.45, 7) is 10.9. The minimum absolute atomic E-state index is 0.207. The van der Waals surface area contributed by atoms with E-state index in [0.717, 1.165) is 0 Å². The number of carbonyl (C=O) groups excluding carboxylic acids is 3. The molecule has 0 aromatic carbocycles. The molecule has 1 aromatic heterocycles. The molecule has 1 unspecified atom stereocenters. The highest BCUT2D eigenvalue weighted by Gasteiger charge is 2.28. The van der Waals surface area contributed by atoms with Crippen LogP contribution in [0, 0.1) is 0 Å². The Hall–Kier alpha value is -2.58. The molecule has 0 spiro atoms. The number of aromatic nitrogens is 2. The van der Waals surface area contributed by atoms with Gasteiger partial charge in [0.15, 0.2) is 5.69 Å². The maximum absolute atomic E-state index is 12.5. The van der Waals surface area contributed by atoms with Crippen molar-refractivity contribution in [1.29, 1.82) is 0 Å². The summed E-state index contributed by atoms with van der Waals surface area (Å²) < 4.78 is 16.8. The zero-order chi connectivity index (χ0) is 21.5. The second-order valence-corrected chi connectivity index (χ2v) is 8.33. The van der Waals surface area contributed by atoms with Gasteiger partial charge in [-0.3, -0.25) is 4.68 Å². The Morgan fingerprint density at radius 3 is 2.25 bits per heavy atom. The van der Waals surface area contributed by atoms with E-state index in [0.29, 0.717) is 19.4 Å². The number of methoxy groups -OCH3 is 1. The van der Waals surface area contributed by atoms with Gasteiger partial charge in [-0.15, -0.1) is 0 Å². The third-order valence-electron chi connectivity index (χ3n) is 3.30. The maximum atomic E-state index is 12.5. The molecule has 158 valence electrons. The van der Waals surface area contributed by atoms with Gasteiger partial charge >= 0.3 is 18.0 Å². The number of rotatable bonds is 7. The highest BCUT2D eigenvalue weighted by molar-refractivity contribution is 5.86. The number of aryl methyl sites for hydroxylation is 1. The third-order valence-corrected chi connectivity index (χ3v) is 3.30. The molecule has 0 aliphatic rings. The molecule has 1 N–H and O–H groups in total. The van der Waals surface area contributed by atoms with E-state index >= 15 is 0 Å². The summed E-state index contributed by atoms with van der Waals surface area (Å²) in [7, 11) is 1.29. The zero-order valence-electron chi connectivity index (χ0n) is 17.7. The van der Waals surface area contributed by atoms with E-state index in [-0.39, 0.29) is 5.69 Å². The summed E-state index contributed by atoms with van der Waals surface area (Å²) in [5.74, 6) is -1.05. The lowest BCUT2D eigenvalue weighted by Crippen LogP contribution is -2.46. The van der Waals surface area contributed by atoms with E-state index in [4.69, 9.17) is 9.47 Å². The Labute approximate surface area is 165 Å². The van der Waals surface area contributed by atoms with Gasteiger partial charge < -0.3 is 19.5 Å². The van der Waals surface area contributed by atoms with E-state index in [1.165, 1.54) is 7.11 Å². The SMILES string of the molecule is COC(=O)c1ccn(CCCC(NC(=O)OC(C)(C)C)C(=O)OC(C)(C)C)n1. The number of amides is 1. The van der Waals surface area contributed by atoms with Crippen molar-refractivity contribution < 1.29 is 28.6 Å². The number of hydrogen-bond donors (Lipinski definition) is 1. The van der Waals surface area contributed by atoms with Crippen molar-refractivity contribution in [2.24, 2.45) is 0 Å². The van der Waals surface area contributed by atoms with Gasteiger partial charge in [0.1, 0.15) is 17.2 Å². The van der Waals surface area contributed by atoms with Crippen molar-refractivity contribution in [3.05, 3.63) is 18.0 Å². The van der Waals surface area contributed by atoms with Crippen molar-refractivity contribution in [2.45, 2.75) is 78.2 Å². The van der Waals surface area contributed by atoms with Gasteiger partial charge in [-0.2, -0.15) is 5.10 Å². The summed E-state index contributed by atoms with van der Waals surface area (Å²) in [6.07, 6.45) is 1.80. The van der Waals surface area contributed by atoms with Crippen molar-refractivity contribution >= 4 is 18.0 Å². The van der Waals surface area contributed by atoms with Gasteiger partial charge in [0.2, 0.25) is 0 Å². The van der Waals surface area contributed by atoms with Gasteiger partial charge in [-0.05, 0) is 60.5 Å². The van der Waals surface area contributed by atoms with Gasteiger partial charge in [0, 0.05) is 12.7 Å². The summed E-state index contributed by atoms with van der Waals surface area (Å²) in [4.78, 5) is 36.0. The van der Waals surface area contributed by atoms with Crippen LogP contribution in [0.25, 0.3) is 0 Å². The summed E-state index contributed by atoms with van der Waals surface area (Å²) >= 11 is 0. The molecule has 0 aliphatic heterocycles. The van der Waals surface area contributed by atoms with Crippen molar-refractivity contribution in [3.63, 3.8) is 0 Å². The fourth-order valence-corrected chi connectivity index (χ4v) is 2.23. The molecule has 0 aliphatic carbocycles. The van der Waals surface area contributed by atoms with Gasteiger partial charge in [-0.1, -0.05) is 0 Å². The van der Waals surface area contributed by atoms with E-state index in [2.05, 4.69) is 15.2 Å². The van der Waals surface area contributed by atoms with E-state index in [1.54, 1.807) is 58.5 Å². The molecule has 1 amide bonds. The first kappa shape index (κ1) is 23.5. The van der Waals surface area contributed by atoms with Gasteiger partial charge in [0.25, 0.3) is 0 Å². The minimum Gasteiger partial charge on any atom is -0.464 e. The van der Waals surface area contributed by atoms with E-state index in [9.17, 15) is 14.4 Å². The molecular weight excluding hydrogens is 366 g/mol. The highest BCUT2D eigenvalue weighted by Crippen LogP contribution is 2.13. The second-order valence-electron chi connectivity index (χ2n) is 8.33. The smallest absolute Gasteiger partial charge is 0.408 e. The Kier molecular flexibility index (Phi) is 8.01. The summed E-state index contributed by atoms with van der Waals surface area (Å²) in [5, 5.41) is 6.68. The van der Waals surface area contributed by atoms with Gasteiger partial charge in [-0.25, -0.2) is 14.4 Å². The normalized spacial score (nSPS) is 12.8. The molecule has 0 bridgehead atoms. The second kappa shape index (κ2) is 9.57. The highest BCUT2D eigenvalue weighted by atomic mass is 16.6. The molecular formula is C19H31N3O6. The topological polar surface area (TPSA) is 109 Å². The molecule has 1 aromatic rings. The Bertz CT molecular complexity index is 685. The number of alkyl carbamates (subject to hydrolysis) is 1. The maximum Gasteiger partial charge on any atom is 0.408 e. The Balaban J connectivity index is 2.71. The molecule has 1 rings (SSSR count). The fraction of sp³-hybridized carbons (Fsp3) is 0.684. The van der Waals surface area contributed by atoms with Crippen LogP contribution in [0.5, 0.6) is 0 Å². The Morgan fingerprint density at radius 1 is 1.11 bits per heavy atom. The van der Waals surface area contributed by atoms with Crippen LogP contribution in [0.1, 0.15) is 64.9 Å². The predicted molar refractivity (Wildman–Crippen MR) is 102 cm³/mol. The van der Waals surface area contributed by atoms with Crippen LogP contribution in [0.4, 0.5) is 4.79 Å². The lowest BCUT2D eigenvalue weighted by atomic mass is 10.1. The molecule has 1 heterocycles. The van der Waals surface area contributed by atoms with Crippen molar-refractivity contribution in [3.8, 4) is 0 Å². The third kappa shape index (κ3) is 8.88. The largest absolute Gasteiger partial charge is 0.464 e. The quantitative estimate of drug-likeness (QED) is 0.556. The van der Waals surface area contributed by atoms with Crippen LogP contribution >= 0.6 is 0 Å². The average molecular weight is 397 g/mol. The molecule has 0 fully saturated rings. The van der Waals surface area contributed by atoms with E-state index < -0.39 is 35.3 Å². The Morgan fingerprint density at radius 2 is 1.71 bits per heavy atom. The number of nitrogens with one attached hydrogen (secondary N) is 1. The van der Waals surface area contributed by atoms with Crippen LogP contribution in [0.15, 0.2) is 12.3 Å². The first-order chi connectivity index (χ1) is 12.8. The van der Waals surface area contributed by atoms with E-state index in [1.807, 2.05) is 0 Å². The number of esters is 2. The zero-order valence-corrected chi connectivity index (χ0v) is 17.7. The molecule has 9 heteroatoms. The lowest BCUT2D eigenvalue weighted by Gasteiger charge is -2.26. The van der Waals surface area contributed by atoms with Gasteiger partial charge in [0.05, 0.1) is 7.11 Å². The molecule has 0 radical (unpaired) electrons. The average Bonchev–Trinajstić information content (AvgIpc) is 2.98. The number of hydrogen-bond acceptors (Lipinski definition) is 7. The fourth-order valence-electron chi connectivity index (χ4n) is 2.23. The number of nitrogens with zero attached hydrogens (tertiary/aromatic N) is 2. The molecule has 0 saturated carbocycles. The monoisotopic (exact) mass is 397 g/mol. The first-order valence-corrected chi connectivity index (χ1v) is 9.15. The first-order valence-electron chi connectivity index (χ1n) is 9.15. The molecule has 0 saturated heterocycles. The lowest BCUT2D eigenvalue weighted by molar-refractivity contribution is -0.157. The van der Waals surface area contributed by atoms with Crippen LogP contribution in [-0.4, -0.2) is 52.2 Å². The summed E-state index contributed by atoms with van der Waals surface area (Å²) in [5.41, 5.74) is -1.15. The molecule has 9 nitrogen and oxygen atoms in total. The van der Waals surface area contributed by atoms with Crippen LogP contribution in [0.2, 0.25) is 0 Å². The predicted octanol–water partition coefficient (Wildman–Crippen LogP) is 2.68. The molecule has 1 atom stereocenters. The van der Waals surface area contributed by atoms with Crippen molar-refractivity contribution in [1.82, 2.24) is 15.1 Å².